The lowest BCUT2D eigenvalue weighted by Crippen LogP contribution is -2.42. The second kappa shape index (κ2) is 8.01. The highest BCUT2D eigenvalue weighted by molar-refractivity contribution is 7.58. The number of amides is 1. The van der Waals surface area contributed by atoms with Crippen molar-refractivity contribution in [2.24, 2.45) is 20.4 Å². The van der Waals surface area contributed by atoms with Gasteiger partial charge in [-0.25, -0.2) is 0 Å². The molecule has 1 amide bonds. The van der Waals surface area contributed by atoms with E-state index in [0.29, 0.717) is 12.5 Å². The maximum atomic E-state index is 12.2. The van der Waals surface area contributed by atoms with Crippen LogP contribution in [-0.4, -0.2) is 36.5 Å². The number of fused-ring (bicyclic) bond motifs is 1. The van der Waals surface area contributed by atoms with E-state index >= 15 is 0 Å². The molecule has 0 bridgehead atoms. The van der Waals surface area contributed by atoms with E-state index < -0.39 is 0 Å². The molecule has 2 aliphatic heterocycles. The molecule has 3 rings (SSSR count). The average molecular weight is 356 g/mol. The molecule has 1 aromatic carbocycles. The molecule has 1 atom stereocenters. The summed E-state index contributed by atoms with van der Waals surface area (Å²) in [6.45, 7) is 4.35. The SMILES string of the molecule is CC(N)C1CCN(CC(=O)Nc2cccc3c2N=S=N3)CC1.Cl. The van der Waals surface area contributed by atoms with E-state index in [0.717, 1.165) is 54.3 Å². The second-order valence-corrected chi connectivity index (χ2v) is 6.49. The fourth-order valence-corrected chi connectivity index (χ4v) is 3.49. The number of piperidine rings is 1. The number of carbonyl (C=O) groups is 1. The summed E-state index contributed by atoms with van der Waals surface area (Å²) in [6, 6.07) is 5.88. The second-order valence-electron chi connectivity index (χ2n) is 5.96. The molecular weight excluding hydrogens is 334 g/mol. The fourth-order valence-electron chi connectivity index (χ4n) is 2.94. The third kappa shape index (κ3) is 4.38. The Balaban J connectivity index is 0.00000192. The van der Waals surface area contributed by atoms with Crippen LogP contribution in [0, 0.1) is 5.92 Å². The average Bonchev–Trinajstić information content (AvgIpc) is 2.97. The van der Waals surface area contributed by atoms with Gasteiger partial charge in [0.1, 0.15) is 11.4 Å². The van der Waals surface area contributed by atoms with Gasteiger partial charge in [-0.05, 0) is 50.9 Å². The lowest BCUT2D eigenvalue weighted by molar-refractivity contribution is -0.117. The topological polar surface area (TPSA) is 83.1 Å². The Morgan fingerprint density at radius 3 is 2.87 bits per heavy atom. The third-order valence-electron chi connectivity index (χ3n) is 4.30. The number of carbonyl (C=O) groups excluding carboxylic acids is 1. The molecule has 8 heteroatoms. The highest BCUT2D eigenvalue weighted by Crippen LogP contribution is 2.38. The van der Waals surface area contributed by atoms with Crippen molar-refractivity contribution in [2.45, 2.75) is 25.8 Å². The molecule has 0 aliphatic carbocycles. The quantitative estimate of drug-likeness (QED) is 0.884. The van der Waals surface area contributed by atoms with Gasteiger partial charge in [0.25, 0.3) is 0 Å². The van der Waals surface area contributed by atoms with Gasteiger partial charge in [0, 0.05) is 6.04 Å². The number of nitrogens with one attached hydrogen (secondary N) is 1. The summed E-state index contributed by atoms with van der Waals surface area (Å²) in [5.41, 5.74) is 8.27. The van der Waals surface area contributed by atoms with E-state index in [1.54, 1.807) is 0 Å². The molecule has 0 spiro atoms. The maximum Gasteiger partial charge on any atom is 0.238 e. The molecule has 0 aromatic heterocycles. The molecule has 2 heterocycles. The highest BCUT2D eigenvalue weighted by Gasteiger charge is 2.23. The van der Waals surface area contributed by atoms with Crippen molar-refractivity contribution in [3.63, 3.8) is 0 Å². The largest absolute Gasteiger partial charge is 0.328 e. The minimum atomic E-state index is -0.000234. The van der Waals surface area contributed by atoms with Crippen LogP contribution in [0.1, 0.15) is 19.8 Å². The first kappa shape index (κ1) is 18.1. The van der Waals surface area contributed by atoms with Gasteiger partial charge in [0.15, 0.2) is 0 Å². The predicted octanol–water partition coefficient (Wildman–Crippen LogP) is 2.83. The maximum absolute atomic E-state index is 12.2. The molecule has 0 radical (unpaired) electrons. The van der Waals surface area contributed by atoms with E-state index in [4.69, 9.17) is 5.73 Å². The molecule has 3 N–H and O–H groups in total. The first-order valence-electron chi connectivity index (χ1n) is 7.62. The number of nitrogens with zero attached hydrogens (tertiary/aromatic N) is 3. The Hall–Kier alpha value is -1.28. The van der Waals surface area contributed by atoms with Crippen LogP contribution in [0.25, 0.3) is 0 Å². The van der Waals surface area contributed by atoms with E-state index in [9.17, 15) is 4.79 Å². The number of anilines is 1. The lowest BCUT2D eigenvalue weighted by atomic mass is 9.91. The van der Waals surface area contributed by atoms with Gasteiger partial charge in [0.05, 0.1) is 23.6 Å². The van der Waals surface area contributed by atoms with Crippen LogP contribution in [0.15, 0.2) is 26.9 Å². The molecule has 1 saturated heterocycles. The normalized spacial score (nSPS) is 18.7. The van der Waals surface area contributed by atoms with Crippen molar-refractivity contribution in [3.8, 4) is 0 Å². The molecule has 126 valence electrons. The fraction of sp³-hybridized carbons (Fsp3) is 0.533. The Morgan fingerprint density at radius 1 is 1.43 bits per heavy atom. The van der Waals surface area contributed by atoms with Gasteiger partial charge in [-0.1, -0.05) is 6.07 Å². The summed E-state index contributed by atoms with van der Waals surface area (Å²) >= 11 is 1.16. The third-order valence-corrected chi connectivity index (χ3v) is 4.85. The van der Waals surface area contributed by atoms with Gasteiger partial charge in [-0.2, -0.15) is 8.73 Å². The van der Waals surface area contributed by atoms with Crippen molar-refractivity contribution < 1.29 is 4.79 Å². The highest BCUT2D eigenvalue weighted by atomic mass is 35.5. The van der Waals surface area contributed by atoms with Crippen LogP contribution < -0.4 is 11.1 Å². The number of hydrogen-bond donors (Lipinski definition) is 2. The lowest BCUT2D eigenvalue weighted by Gasteiger charge is -2.33. The van der Waals surface area contributed by atoms with Crippen LogP contribution in [0.5, 0.6) is 0 Å². The van der Waals surface area contributed by atoms with Crippen LogP contribution in [0.3, 0.4) is 0 Å². The van der Waals surface area contributed by atoms with Crippen molar-refractivity contribution in [1.82, 2.24) is 4.90 Å². The standard InChI is InChI=1S/C15H21N5OS.ClH/c1-10(16)11-5-7-20(8-6-11)9-14(21)17-12-3-2-4-13-15(12)19-22-18-13;/h2-4,10-11H,5-9,16H2,1H3,(H,17,21);1H. The van der Waals surface area contributed by atoms with E-state index in [2.05, 4.69) is 25.9 Å². The summed E-state index contributed by atoms with van der Waals surface area (Å²) in [5.74, 6) is 0.578. The first-order chi connectivity index (χ1) is 10.6. The van der Waals surface area contributed by atoms with Crippen molar-refractivity contribution in [1.29, 1.82) is 0 Å². The van der Waals surface area contributed by atoms with Crippen molar-refractivity contribution >= 4 is 46.7 Å². The number of likely N-dealkylation sites (tertiary alicyclic amines) is 1. The molecule has 23 heavy (non-hydrogen) atoms. The first-order valence-corrected chi connectivity index (χ1v) is 8.35. The van der Waals surface area contributed by atoms with Crippen LogP contribution in [0.2, 0.25) is 0 Å². The van der Waals surface area contributed by atoms with Crippen molar-refractivity contribution in [2.75, 3.05) is 25.0 Å². The van der Waals surface area contributed by atoms with E-state index in [-0.39, 0.29) is 24.4 Å². The van der Waals surface area contributed by atoms with Crippen LogP contribution in [0.4, 0.5) is 17.1 Å². The zero-order valence-electron chi connectivity index (χ0n) is 13.1. The summed E-state index contributed by atoms with van der Waals surface area (Å²) in [5, 5.41) is 2.95. The Bertz CT molecular complexity index is 637. The summed E-state index contributed by atoms with van der Waals surface area (Å²) in [6.07, 6.45) is 2.13. The molecular formula is C15H22ClN5OS. The number of halogens is 1. The van der Waals surface area contributed by atoms with Gasteiger partial charge >= 0.3 is 0 Å². The summed E-state index contributed by atoms with van der Waals surface area (Å²) in [7, 11) is 0. The zero-order valence-corrected chi connectivity index (χ0v) is 14.7. The van der Waals surface area contributed by atoms with Crippen LogP contribution in [-0.2, 0) is 16.1 Å². The molecule has 1 fully saturated rings. The predicted molar refractivity (Wildman–Crippen MR) is 96.7 cm³/mol. The minimum absolute atomic E-state index is 0. The Labute approximate surface area is 146 Å². The molecule has 2 aliphatic rings. The van der Waals surface area contributed by atoms with Gasteiger partial charge in [0.2, 0.25) is 5.91 Å². The summed E-state index contributed by atoms with van der Waals surface area (Å²) < 4.78 is 8.42. The van der Waals surface area contributed by atoms with Gasteiger partial charge < -0.3 is 11.1 Å². The molecule has 0 saturated carbocycles. The smallest absolute Gasteiger partial charge is 0.238 e. The molecule has 1 aromatic rings. The van der Waals surface area contributed by atoms with E-state index in [1.165, 1.54) is 0 Å². The van der Waals surface area contributed by atoms with Gasteiger partial charge in [-0.15, -0.1) is 12.4 Å². The minimum Gasteiger partial charge on any atom is -0.328 e. The molecule has 1 unspecified atom stereocenters. The van der Waals surface area contributed by atoms with E-state index in [1.807, 2.05) is 18.2 Å². The molecule has 6 nitrogen and oxygen atoms in total. The monoisotopic (exact) mass is 355 g/mol. The number of hydrogen-bond acceptors (Lipinski definition) is 5. The number of nitrogens with two attached hydrogens (primary N) is 1. The Kier molecular flexibility index (Phi) is 6.29. The Morgan fingerprint density at radius 2 is 2.17 bits per heavy atom. The van der Waals surface area contributed by atoms with Gasteiger partial charge in [-0.3, -0.25) is 9.69 Å². The summed E-state index contributed by atoms with van der Waals surface area (Å²) in [4.78, 5) is 14.4. The van der Waals surface area contributed by atoms with Crippen LogP contribution >= 0.6 is 12.4 Å². The number of benzene rings is 1. The zero-order chi connectivity index (χ0) is 15.5. The number of rotatable bonds is 4. The van der Waals surface area contributed by atoms with Crippen molar-refractivity contribution in [3.05, 3.63) is 18.2 Å².